The molecule has 1 N–H and O–H groups in total. The monoisotopic (exact) mass is 376 g/mol. The zero-order chi connectivity index (χ0) is 18.6. The van der Waals surface area contributed by atoms with E-state index in [0.717, 1.165) is 57.0 Å². The summed E-state index contributed by atoms with van der Waals surface area (Å²) < 4.78 is 19.7. The van der Waals surface area contributed by atoms with Crippen LogP contribution in [0.1, 0.15) is 32.1 Å². The smallest absolute Gasteiger partial charge is 0.146 e. The minimum absolute atomic E-state index is 0.158. The maximum Gasteiger partial charge on any atom is 0.146 e. The molecule has 2 saturated carbocycles. The molecule has 4 atom stereocenters. The number of para-hydroxylation sites is 1. The summed E-state index contributed by atoms with van der Waals surface area (Å²) in [5, 5.41) is 10.3. The summed E-state index contributed by atoms with van der Waals surface area (Å²) in [6, 6.07) is 6.95. The fourth-order valence-corrected chi connectivity index (χ4v) is 5.41. The molecule has 2 aliphatic carbocycles. The molecule has 4 nitrogen and oxygen atoms in total. The Bertz CT molecular complexity index is 606. The number of β-amino-alcohol motifs (C(OH)–C–C–N with tert-alkyl or cyclic N) is 1. The van der Waals surface area contributed by atoms with Crippen molar-refractivity contribution in [3.05, 3.63) is 30.1 Å². The second-order valence-corrected chi connectivity index (χ2v) is 8.69. The number of hydrogen-bond acceptors (Lipinski definition) is 4. The number of piperazine rings is 1. The van der Waals surface area contributed by atoms with E-state index in [1.54, 1.807) is 6.07 Å². The molecule has 5 heteroatoms. The van der Waals surface area contributed by atoms with Crippen molar-refractivity contribution in [2.75, 3.05) is 50.8 Å². The molecule has 27 heavy (non-hydrogen) atoms. The van der Waals surface area contributed by atoms with Crippen molar-refractivity contribution in [1.82, 2.24) is 4.90 Å². The quantitative estimate of drug-likeness (QED) is 0.707. The molecule has 0 amide bonds. The lowest BCUT2D eigenvalue weighted by Crippen LogP contribution is -2.49. The minimum atomic E-state index is -0.440. The lowest BCUT2D eigenvalue weighted by atomic mass is 9.87. The highest BCUT2D eigenvalue weighted by Crippen LogP contribution is 2.49. The molecule has 0 spiro atoms. The Morgan fingerprint density at radius 2 is 1.93 bits per heavy atom. The molecule has 0 aromatic heterocycles. The predicted octanol–water partition coefficient (Wildman–Crippen LogP) is 3.15. The highest BCUT2D eigenvalue weighted by molar-refractivity contribution is 5.47. The highest BCUT2D eigenvalue weighted by Gasteiger charge is 2.38. The van der Waals surface area contributed by atoms with Crippen molar-refractivity contribution in [3.8, 4) is 0 Å². The van der Waals surface area contributed by atoms with Crippen molar-refractivity contribution in [1.29, 1.82) is 0 Å². The van der Waals surface area contributed by atoms with Crippen molar-refractivity contribution in [2.24, 2.45) is 17.8 Å². The molecular formula is C22H33FN2O2. The van der Waals surface area contributed by atoms with Crippen LogP contribution < -0.4 is 4.90 Å². The van der Waals surface area contributed by atoms with Crippen LogP contribution in [-0.4, -0.2) is 62.0 Å². The topological polar surface area (TPSA) is 35.9 Å². The van der Waals surface area contributed by atoms with E-state index in [1.165, 1.54) is 31.7 Å². The Labute approximate surface area is 162 Å². The van der Waals surface area contributed by atoms with E-state index in [9.17, 15) is 9.50 Å². The molecule has 2 bridgehead atoms. The third kappa shape index (κ3) is 4.82. The number of aliphatic hydroxyl groups is 1. The number of rotatable bonds is 8. The van der Waals surface area contributed by atoms with Crippen LogP contribution in [0, 0.1) is 23.6 Å². The molecule has 0 unspecified atom stereocenters. The fourth-order valence-electron chi connectivity index (χ4n) is 5.41. The van der Waals surface area contributed by atoms with E-state index in [4.69, 9.17) is 4.74 Å². The summed E-state index contributed by atoms with van der Waals surface area (Å²) in [7, 11) is 0. The van der Waals surface area contributed by atoms with Crippen LogP contribution >= 0.6 is 0 Å². The van der Waals surface area contributed by atoms with Gasteiger partial charge in [0.05, 0.1) is 18.4 Å². The van der Waals surface area contributed by atoms with Gasteiger partial charge in [-0.1, -0.05) is 18.6 Å². The third-order valence-corrected chi connectivity index (χ3v) is 6.86. The summed E-state index contributed by atoms with van der Waals surface area (Å²) in [6.45, 7) is 5.12. The molecule has 1 saturated heterocycles. The maximum atomic E-state index is 13.9. The maximum absolute atomic E-state index is 13.9. The number of aliphatic hydroxyl groups excluding tert-OH is 1. The number of halogens is 1. The van der Waals surface area contributed by atoms with Gasteiger partial charge in [0, 0.05) is 39.3 Å². The summed E-state index contributed by atoms with van der Waals surface area (Å²) >= 11 is 0. The summed E-state index contributed by atoms with van der Waals surface area (Å²) in [6.07, 6.45) is 6.46. The predicted molar refractivity (Wildman–Crippen MR) is 105 cm³/mol. The fraction of sp³-hybridized carbons (Fsp3) is 0.727. The van der Waals surface area contributed by atoms with Crippen LogP contribution in [0.15, 0.2) is 24.3 Å². The van der Waals surface area contributed by atoms with Crippen molar-refractivity contribution < 1.29 is 14.2 Å². The summed E-state index contributed by atoms with van der Waals surface area (Å²) in [5.41, 5.74) is 0.682. The van der Waals surface area contributed by atoms with Crippen LogP contribution in [0.4, 0.5) is 10.1 Å². The number of hydrogen-bond donors (Lipinski definition) is 1. The van der Waals surface area contributed by atoms with Crippen molar-refractivity contribution >= 4 is 5.69 Å². The van der Waals surface area contributed by atoms with Gasteiger partial charge in [-0.05, 0) is 55.6 Å². The molecule has 1 heterocycles. The second kappa shape index (κ2) is 8.89. The summed E-state index contributed by atoms with van der Waals surface area (Å²) in [5.74, 6) is 2.66. The van der Waals surface area contributed by atoms with E-state index < -0.39 is 6.10 Å². The average molecular weight is 377 g/mol. The number of fused-ring (bicyclic) bond motifs is 2. The van der Waals surface area contributed by atoms with E-state index in [-0.39, 0.29) is 5.82 Å². The Morgan fingerprint density at radius 1 is 1.11 bits per heavy atom. The average Bonchev–Trinajstić information content (AvgIpc) is 3.30. The zero-order valence-corrected chi connectivity index (χ0v) is 16.2. The van der Waals surface area contributed by atoms with Crippen LogP contribution in [0.3, 0.4) is 0 Å². The third-order valence-electron chi connectivity index (χ3n) is 6.86. The van der Waals surface area contributed by atoms with Gasteiger partial charge in [-0.3, -0.25) is 4.90 Å². The van der Waals surface area contributed by atoms with Gasteiger partial charge in [-0.2, -0.15) is 0 Å². The van der Waals surface area contributed by atoms with Gasteiger partial charge in [-0.25, -0.2) is 4.39 Å². The van der Waals surface area contributed by atoms with Gasteiger partial charge in [0.1, 0.15) is 5.82 Å². The highest BCUT2D eigenvalue weighted by atomic mass is 19.1. The van der Waals surface area contributed by atoms with Crippen molar-refractivity contribution in [2.45, 2.75) is 38.2 Å². The molecule has 0 radical (unpaired) electrons. The van der Waals surface area contributed by atoms with Crippen LogP contribution in [0.25, 0.3) is 0 Å². The molecular weight excluding hydrogens is 343 g/mol. The Balaban J connectivity index is 1.11. The first-order valence-corrected chi connectivity index (χ1v) is 10.7. The molecule has 150 valence electrons. The number of ether oxygens (including phenoxy) is 1. The SMILES string of the molecule is O[C@H](COCC[C@@H]1C[C@H]2CC[C@H]1C2)CN1CCN(c2ccccc2F)CC1. The van der Waals surface area contributed by atoms with E-state index in [0.29, 0.717) is 18.8 Å². The van der Waals surface area contributed by atoms with Gasteiger partial charge in [-0.15, -0.1) is 0 Å². The Hall–Kier alpha value is -1.17. The Kier molecular flexibility index (Phi) is 6.31. The van der Waals surface area contributed by atoms with Gasteiger partial charge >= 0.3 is 0 Å². The first-order valence-electron chi connectivity index (χ1n) is 10.7. The lowest BCUT2D eigenvalue weighted by Gasteiger charge is -2.37. The number of benzene rings is 1. The van der Waals surface area contributed by atoms with Gasteiger partial charge in [0.15, 0.2) is 0 Å². The zero-order valence-electron chi connectivity index (χ0n) is 16.2. The number of nitrogens with zero attached hydrogens (tertiary/aromatic N) is 2. The van der Waals surface area contributed by atoms with Crippen LogP contribution in [0.5, 0.6) is 0 Å². The Morgan fingerprint density at radius 3 is 2.63 bits per heavy atom. The first-order chi connectivity index (χ1) is 13.2. The molecule has 3 aliphatic rings. The first kappa shape index (κ1) is 19.2. The van der Waals surface area contributed by atoms with Crippen LogP contribution in [-0.2, 0) is 4.74 Å². The molecule has 1 aromatic rings. The lowest BCUT2D eigenvalue weighted by molar-refractivity contribution is 0.0100. The largest absolute Gasteiger partial charge is 0.389 e. The standard InChI is InChI=1S/C22H33FN2O2/c23-21-3-1-2-4-22(21)25-10-8-24(9-11-25)15-20(26)16-27-12-7-19-14-17-5-6-18(19)13-17/h1-4,17-20,26H,5-16H2/t17-,18-,19+,20-/m0/s1. The molecule has 4 rings (SSSR count). The normalized spacial score (nSPS) is 29.4. The van der Waals surface area contributed by atoms with Gasteiger partial charge < -0.3 is 14.7 Å². The van der Waals surface area contributed by atoms with Crippen molar-refractivity contribution in [3.63, 3.8) is 0 Å². The van der Waals surface area contributed by atoms with Gasteiger partial charge in [0.25, 0.3) is 0 Å². The number of anilines is 1. The molecule has 1 aliphatic heterocycles. The van der Waals surface area contributed by atoms with E-state index in [2.05, 4.69) is 9.80 Å². The van der Waals surface area contributed by atoms with E-state index in [1.807, 2.05) is 12.1 Å². The van der Waals surface area contributed by atoms with Crippen LogP contribution in [0.2, 0.25) is 0 Å². The molecule has 3 fully saturated rings. The van der Waals surface area contributed by atoms with E-state index >= 15 is 0 Å². The van der Waals surface area contributed by atoms with Gasteiger partial charge in [0.2, 0.25) is 0 Å². The second-order valence-electron chi connectivity index (χ2n) is 8.69. The minimum Gasteiger partial charge on any atom is -0.389 e. The molecule has 1 aromatic carbocycles. The summed E-state index contributed by atoms with van der Waals surface area (Å²) in [4.78, 5) is 4.34.